The topological polar surface area (TPSA) is 103 Å². The van der Waals surface area contributed by atoms with E-state index in [0.29, 0.717) is 22.9 Å². The van der Waals surface area contributed by atoms with Gasteiger partial charge in [0.2, 0.25) is 10.9 Å². The smallest absolute Gasteiger partial charge is 0.274 e. The molecule has 8 nitrogen and oxygen atoms in total. The fourth-order valence-corrected chi connectivity index (χ4v) is 3.47. The van der Waals surface area contributed by atoms with Crippen LogP contribution in [0.4, 0.5) is 0 Å². The Labute approximate surface area is 149 Å². The Balaban J connectivity index is 1.52. The van der Waals surface area contributed by atoms with Gasteiger partial charge in [0.1, 0.15) is 5.65 Å². The summed E-state index contributed by atoms with van der Waals surface area (Å²) in [5.74, 6) is 0.675. The summed E-state index contributed by atoms with van der Waals surface area (Å²) in [4.78, 5) is 4.41. The highest BCUT2D eigenvalue weighted by molar-refractivity contribution is 7.89. The molecule has 4 aromatic heterocycles. The second-order valence-electron chi connectivity index (χ2n) is 5.98. The van der Waals surface area contributed by atoms with E-state index in [0.717, 1.165) is 11.2 Å². The predicted molar refractivity (Wildman–Crippen MR) is 92.9 cm³/mol. The molecule has 4 aromatic rings. The molecule has 0 atom stereocenters. The minimum Gasteiger partial charge on any atom is -0.440 e. The van der Waals surface area contributed by atoms with E-state index >= 15 is 0 Å². The molecule has 0 fully saturated rings. The molecule has 0 saturated carbocycles. The number of furan rings is 1. The zero-order chi connectivity index (χ0) is 18.3. The molecule has 0 aliphatic carbocycles. The van der Waals surface area contributed by atoms with Gasteiger partial charge in [-0.3, -0.25) is 0 Å². The minimum absolute atomic E-state index is 0.0561. The lowest BCUT2D eigenvalue weighted by molar-refractivity contribution is 0.397. The van der Waals surface area contributed by atoms with E-state index in [4.69, 9.17) is 8.94 Å². The van der Waals surface area contributed by atoms with Crippen LogP contribution in [0.25, 0.3) is 17.2 Å². The number of hydrogen-bond acceptors (Lipinski definition) is 6. The summed E-state index contributed by atoms with van der Waals surface area (Å²) >= 11 is 0. The van der Waals surface area contributed by atoms with Gasteiger partial charge in [-0.05, 0) is 43.7 Å². The third-order valence-corrected chi connectivity index (χ3v) is 5.10. The molecule has 26 heavy (non-hydrogen) atoms. The fourth-order valence-electron chi connectivity index (χ4n) is 2.54. The molecule has 134 valence electrons. The number of rotatable bonds is 5. The van der Waals surface area contributed by atoms with Gasteiger partial charge in [0.25, 0.3) is 10.0 Å². The predicted octanol–water partition coefficient (Wildman–Crippen LogP) is 2.68. The summed E-state index contributed by atoms with van der Waals surface area (Å²) < 4.78 is 39.7. The van der Waals surface area contributed by atoms with Crippen LogP contribution in [0.15, 0.2) is 56.8 Å². The molecule has 0 aliphatic rings. The molecule has 0 radical (unpaired) electrons. The van der Waals surface area contributed by atoms with Crippen LogP contribution in [0, 0.1) is 13.8 Å². The van der Waals surface area contributed by atoms with Crippen LogP contribution in [0.3, 0.4) is 0 Å². The van der Waals surface area contributed by atoms with E-state index < -0.39 is 10.0 Å². The number of sulfonamides is 1. The third-order valence-electron chi connectivity index (χ3n) is 3.83. The standard InChI is InChI=1S/C17H16N4O4S/c1-11-5-6-21-10-13(19-16(21)7-11)9-18-26(22,23)17-4-3-14(24-17)15-8-12(2)20-25-15/h3-8,10,18H,9H2,1-2H3. The van der Waals surface area contributed by atoms with E-state index in [2.05, 4.69) is 14.9 Å². The van der Waals surface area contributed by atoms with Crippen LogP contribution in [-0.2, 0) is 16.6 Å². The number of imidazole rings is 1. The molecule has 1 N–H and O–H groups in total. The molecule has 4 rings (SSSR count). The van der Waals surface area contributed by atoms with Crippen molar-refractivity contribution in [3.8, 4) is 11.5 Å². The lowest BCUT2D eigenvalue weighted by Gasteiger charge is -2.01. The molecule has 0 saturated heterocycles. The van der Waals surface area contributed by atoms with Crippen LogP contribution in [0.1, 0.15) is 17.0 Å². The molecule has 0 amide bonds. The van der Waals surface area contributed by atoms with Crippen molar-refractivity contribution in [3.05, 3.63) is 59.7 Å². The normalized spacial score (nSPS) is 12.1. The van der Waals surface area contributed by atoms with E-state index in [-0.39, 0.29) is 11.6 Å². The summed E-state index contributed by atoms with van der Waals surface area (Å²) in [7, 11) is -3.81. The molecular weight excluding hydrogens is 356 g/mol. The lowest BCUT2D eigenvalue weighted by atomic mass is 10.3. The summed E-state index contributed by atoms with van der Waals surface area (Å²) in [6.45, 7) is 3.80. The maximum absolute atomic E-state index is 12.4. The number of nitrogens with zero attached hydrogens (tertiary/aromatic N) is 3. The average Bonchev–Trinajstić information content (AvgIpc) is 3.31. The minimum atomic E-state index is -3.81. The van der Waals surface area contributed by atoms with Gasteiger partial charge in [-0.25, -0.2) is 18.1 Å². The van der Waals surface area contributed by atoms with Crippen LogP contribution in [-0.4, -0.2) is 23.0 Å². The lowest BCUT2D eigenvalue weighted by Crippen LogP contribution is -2.22. The summed E-state index contributed by atoms with van der Waals surface area (Å²) in [5, 5.41) is 3.56. The fraction of sp³-hybridized carbons (Fsp3) is 0.176. The van der Waals surface area contributed by atoms with Gasteiger partial charge >= 0.3 is 0 Å². The Bertz CT molecular complexity index is 1190. The van der Waals surface area contributed by atoms with Crippen molar-refractivity contribution in [1.29, 1.82) is 0 Å². The highest BCUT2D eigenvalue weighted by Crippen LogP contribution is 2.25. The van der Waals surface area contributed by atoms with Gasteiger partial charge in [0, 0.05) is 18.5 Å². The quantitative estimate of drug-likeness (QED) is 0.578. The van der Waals surface area contributed by atoms with Crippen molar-refractivity contribution in [2.45, 2.75) is 25.5 Å². The zero-order valence-corrected chi connectivity index (χ0v) is 14.9. The largest absolute Gasteiger partial charge is 0.440 e. The number of aryl methyl sites for hydroxylation is 2. The first kappa shape index (κ1) is 16.6. The first-order valence-electron chi connectivity index (χ1n) is 7.88. The Kier molecular flexibility index (Phi) is 3.89. The summed E-state index contributed by atoms with van der Waals surface area (Å²) in [6, 6.07) is 8.46. The van der Waals surface area contributed by atoms with Crippen molar-refractivity contribution < 1.29 is 17.4 Å². The molecule has 4 heterocycles. The molecule has 9 heteroatoms. The Morgan fingerprint density at radius 2 is 2.00 bits per heavy atom. The van der Waals surface area contributed by atoms with Crippen molar-refractivity contribution in [2.75, 3.05) is 0 Å². The molecule has 0 spiro atoms. The van der Waals surface area contributed by atoms with E-state index in [1.807, 2.05) is 29.7 Å². The first-order valence-corrected chi connectivity index (χ1v) is 9.36. The van der Waals surface area contributed by atoms with Gasteiger partial charge < -0.3 is 13.3 Å². The zero-order valence-electron chi connectivity index (χ0n) is 14.1. The maximum atomic E-state index is 12.4. The van der Waals surface area contributed by atoms with Crippen LogP contribution < -0.4 is 4.72 Å². The monoisotopic (exact) mass is 372 g/mol. The molecule has 0 unspecified atom stereocenters. The Morgan fingerprint density at radius 3 is 2.77 bits per heavy atom. The highest BCUT2D eigenvalue weighted by atomic mass is 32.2. The molecule has 0 bridgehead atoms. The van der Waals surface area contributed by atoms with Gasteiger partial charge in [-0.1, -0.05) is 5.16 Å². The van der Waals surface area contributed by atoms with Crippen LogP contribution in [0.5, 0.6) is 0 Å². The number of nitrogens with one attached hydrogen (secondary N) is 1. The number of aromatic nitrogens is 3. The van der Waals surface area contributed by atoms with Gasteiger partial charge in [-0.15, -0.1) is 0 Å². The van der Waals surface area contributed by atoms with Crippen molar-refractivity contribution in [2.24, 2.45) is 0 Å². The first-order chi connectivity index (χ1) is 12.4. The molecule has 0 aliphatic heterocycles. The van der Waals surface area contributed by atoms with Crippen molar-refractivity contribution in [1.82, 2.24) is 19.3 Å². The number of fused-ring (bicyclic) bond motifs is 1. The van der Waals surface area contributed by atoms with E-state index in [9.17, 15) is 8.42 Å². The van der Waals surface area contributed by atoms with Gasteiger partial charge in [0.15, 0.2) is 5.76 Å². The Morgan fingerprint density at radius 1 is 1.15 bits per heavy atom. The summed E-state index contributed by atoms with van der Waals surface area (Å²) in [6.07, 6.45) is 3.66. The highest BCUT2D eigenvalue weighted by Gasteiger charge is 2.21. The maximum Gasteiger partial charge on any atom is 0.274 e. The van der Waals surface area contributed by atoms with Gasteiger partial charge in [-0.2, -0.15) is 0 Å². The van der Waals surface area contributed by atoms with Crippen molar-refractivity contribution in [3.63, 3.8) is 0 Å². The average molecular weight is 372 g/mol. The van der Waals surface area contributed by atoms with Crippen LogP contribution >= 0.6 is 0 Å². The van der Waals surface area contributed by atoms with E-state index in [1.165, 1.54) is 12.1 Å². The summed E-state index contributed by atoms with van der Waals surface area (Å²) in [5.41, 5.74) is 3.14. The van der Waals surface area contributed by atoms with E-state index in [1.54, 1.807) is 19.2 Å². The second kappa shape index (κ2) is 6.11. The molecule has 0 aromatic carbocycles. The third kappa shape index (κ3) is 3.14. The Hall–Kier alpha value is -2.91. The van der Waals surface area contributed by atoms with Crippen LogP contribution in [0.2, 0.25) is 0 Å². The second-order valence-corrected chi connectivity index (χ2v) is 7.68. The number of hydrogen-bond donors (Lipinski definition) is 1. The molecular formula is C17H16N4O4S. The van der Waals surface area contributed by atoms with Gasteiger partial charge in [0.05, 0.1) is 17.9 Å². The SMILES string of the molecule is Cc1ccn2cc(CNS(=O)(=O)c3ccc(-c4cc(C)no4)o3)nc2c1. The number of pyridine rings is 1. The van der Waals surface area contributed by atoms with Crippen molar-refractivity contribution >= 4 is 15.7 Å².